The maximum atomic E-state index is 10.2. The Labute approximate surface area is 76.9 Å². The van der Waals surface area contributed by atoms with Gasteiger partial charge in [0, 0.05) is 12.8 Å². The summed E-state index contributed by atoms with van der Waals surface area (Å²) in [4.78, 5) is 10.2. The molecular formula is C9H14O2S. The Morgan fingerprint density at radius 3 is 2.17 bits per heavy atom. The predicted octanol–water partition coefficient (Wildman–Crippen LogP) is 2.83. The minimum atomic E-state index is 0.343. The molecule has 0 spiro atoms. The lowest BCUT2D eigenvalue weighted by Gasteiger charge is -1.81. The molecule has 1 N–H and O–H groups in total. The monoisotopic (exact) mass is 186 g/mol. The summed E-state index contributed by atoms with van der Waals surface area (Å²) in [6, 6.07) is 3.46. The van der Waals surface area contributed by atoms with Crippen molar-refractivity contribution in [2.24, 2.45) is 0 Å². The van der Waals surface area contributed by atoms with Gasteiger partial charge in [-0.2, -0.15) is 0 Å². The van der Waals surface area contributed by atoms with Crippen LogP contribution in [0.2, 0.25) is 0 Å². The first-order chi connectivity index (χ1) is 5.70. The fraction of sp³-hybridized carbons (Fsp3) is 0.444. The summed E-state index contributed by atoms with van der Waals surface area (Å²) in [5, 5.41) is 10.7. The molecule has 0 aliphatic carbocycles. The van der Waals surface area contributed by atoms with Crippen LogP contribution in [-0.2, 0) is 4.79 Å². The second kappa shape index (κ2) is 6.85. The van der Waals surface area contributed by atoms with Crippen LogP contribution >= 0.6 is 11.3 Å². The topological polar surface area (TPSA) is 37.3 Å². The van der Waals surface area contributed by atoms with Gasteiger partial charge in [0.05, 0.1) is 0 Å². The lowest BCUT2D eigenvalue weighted by molar-refractivity contribution is -0.118. The molecule has 0 aliphatic rings. The van der Waals surface area contributed by atoms with Crippen molar-refractivity contribution in [1.29, 1.82) is 0 Å². The quantitative estimate of drug-likeness (QED) is 0.771. The maximum absolute atomic E-state index is 10.2. The molecule has 12 heavy (non-hydrogen) atoms. The zero-order valence-corrected chi connectivity index (χ0v) is 8.23. The second-order valence-electron chi connectivity index (χ2n) is 2.20. The van der Waals surface area contributed by atoms with Crippen molar-refractivity contribution in [3.8, 4) is 5.06 Å². The Morgan fingerprint density at radius 1 is 1.50 bits per heavy atom. The van der Waals surface area contributed by atoms with E-state index in [1.165, 1.54) is 11.3 Å². The molecule has 0 radical (unpaired) electrons. The van der Waals surface area contributed by atoms with Gasteiger partial charge in [0.25, 0.3) is 0 Å². The zero-order valence-electron chi connectivity index (χ0n) is 7.41. The van der Waals surface area contributed by atoms with Gasteiger partial charge in [0.2, 0.25) is 0 Å². The van der Waals surface area contributed by atoms with E-state index < -0.39 is 0 Å². The van der Waals surface area contributed by atoms with Crippen molar-refractivity contribution in [3.05, 3.63) is 17.5 Å². The number of rotatable bonds is 2. The SMILES string of the molecule is CCC(=O)CC.Oc1cccs1. The molecule has 0 saturated heterocycles. The lowest BCUT2D eigenvalue weighted by atomic mass is 10.3. The van der Waals surface area contributed by atoms with Crippen LogP contribution in [-0.4, -0.2) is 10.9 Å². The van der Waals surface area contributed by atoms with Gasteiger partial charge in [-0.1, -0.05) is 13.8 Å². The highest BCUT2D eigenvalue weighted by Gasteiger charge is 1.86. The minimum Gasteiger partial charge on any atom is -0.499 e. The third-order valence-corrected chi connectivity index (χ3v) is 1.97. The summed E-state index contributed by atoms with van der Waals surface area (Å²) in [7, 11) is 0. The molecule has 1 heterocycles. The molecule has 3 heteroatoms. The smallest absolute Gasteiger partial charge is 0.171 e. The summed E-state index contributed by atoms with van der Waals surface area (Å²) >= 11 is 1.33. The number of carbonyl (C=O) groups excluding carboxylic acids is 1. The summed E-state index contributed by atoms with van der Waals surface area (Å²) in [6.45, 7) is 3.76. The van der Waals surface area contributed by atoms with E-state index in [4.69, 9.17) is 5.11 Å². The zero-order chi connectivity index (χ0) is 9.40. The van der Waals surface area contributed by atoms with Gasteiger partial charge in [-0.25, -0.2) is 0 Å². The second-order valence-corrected chi connectivity index (χ2v) is 3.12. The molecule has 0 amide bonds. The van der Waals surface area contributed by atoms with Crippen LogP contribution in [0.1, 0.15) is 26.7 Å². The average Bonchev–Trinajstić information content (AvgIpc) is 2.55. The van der Waals surface area contributed by atoms with Gasteiger partial charge in [0.15, 0.2) is 5.06 Å². The van der Waals surface area contributed by atoms with Gasteiger partial charge in [0.1, 0.15) is 5.78 Å². The summed E-state index contributed by atoms with van der Waals surface area (Å²) in [5.41, 5.74) is 0. The van der Waals surface area contributed by atoms with Crippen LogP contribution in [0.3, 0.4) is 0 Å². The van der Waals surface area contributed by atoms with Crippen LogP contribution in [0.5, 0.6) is 5.06 Å². The highest BCUT2D eigenvalue weighted by molar-refractivity contribution is 7.11. The van der Waals surface area contributed by atoms with Crippen LogP contribution in [0, 0.1) is 0 Å². The number of hydrogen-bond acceptors (Lipinski definition) is 3. The molecule has 0 unspecified atom stereocenters. The van der Waals surface area contributed by atoms with Gasteiger partial charge in [-0.05, 0) is 17.5 Å². The van der Waals surface area contributed by atoms with E-state index >= 15 is 0 Å². The van der Waals surface area contributed by atoms with Crippen molar-refractivity contribution in [2.45, 2.75) is 26.7 Å². The van der Waals surface area contributed by atoms with Crippen molar-refractivity contribution < 1.29 is 9.90 Å². The Kier molecular flexibility index (Phi) is 6.38. The highest BCUT2D eigenvalue weighted by atomic mass is 32.1. The van der Waals surface area contributed by atoms with E-state index in [9.17, 15) is 4.79 Å². The Hall–Kier alpha value is -0.830. The molecule has 0 bridgehead atoms. The first-order valence-electron chi connectivity index (χ1n) is 3.94. The van der Waals surface area contributed by atoms with Crippen molar-refractivity contribution in [1.82, 2.24) is 0 Å². The molecular weight excluding hydrogens is 172 g/mol. The molecule has 0 aliphatic heterocycles. The first-order valence-corrected chi connectivity index (χ1v) is 4.82. The molecule has 1 aromatic heterocycles. The van der Waals surface area contributed by atoms with Gasteiger partial charge in [-0.3, -0.25) is 4.79 Å². The standard InChI is InChI=1S/C5H10O.C4H4OS/c1-3-5(6)4-2;5-4-2-1-3-6-4/h3-4H2,1-2H3;1-3,5H. The van der Waals surface area contributed by atoms with Crippen molar-refractivity contribution >= 4 is 17.1 Å². The third-order valence-electron chi connectivity index (χ3n) is 1.29. The van der Waals surface area contributed by atoms with Crippen molar-refractivity contribution in [2.75, 3.05) is 0 Å². The number of thiophene rings is 1. The number of aromatic hydroxyl groups is 1. The number of ketones is 1. The fourth-order valence-corrected chi connectivity index (χ4v) is 0.974. The summed E-state index contributed by atoms with van der Waals surface area (Å²) in [5.74, 6) is 0.343. The fourth-order valence-electron chi connectivity index (χ4n) is 0.520. The molecule has 1 aromatic rings. The average molecular weight is 186 g/mol. The Balaban J connectivity index is 0.000000202. The number of Topliss-reactive ketones (excluding diaryl/α,β-unsaturated/α-hetero) is 1. The molecule has 68 valence electrons. The first kappa shape index (κ1) is 11.2. The summed E-state index contributed by atoms with van der Waals surface area (Å²) < 4.78 is 0. The van der Waals surface area contributed by atoms with E-state index in [-0.39, 0.29) is 0 Å². The van der Waals surface area contributed by atoms with Crippen LogP contribution in [0.25, 0.3) is 0 Å². The third kappa shape index (κ3) is 5.92. The van der Waals surface area contributed by atoms with E-state index in [0.717, 1.165) is 0 Å². The normalized spacial score (nSPS) is 8.50. The van der Waals surface area contributed by atoms with E-state index in [1.54, 1.807) is 12.1 Å². The van der Waals surface area contributed by atoms with E-state index in [2.05, 4.69) is 0 Å². The number of carbonyl (C=O) groups is 1. The molecule has 1 rings (SSSR count). The molecule has 0 atom stereocenters. The largest absolute Gasteiger partial charge is 0.499 e. The van der Waals surface area contributed by atoms with Crippen molar-refractivity contribution in [3.63, 3.8) is 0 Å². The highest BCUT2D eigenvalue weighted by Crippen LogP contribution is 2.14. The lowest BCUT2D eigenvalue weighted by Crippen LogP contribution is -1.88. The minimum absolute atomic E-state index is 0.343. The molecule has 0 aromatic carbocycles. The van der Waals surface area contributed by atoms with Crippen LogP contribution in [0.4, 0.5) is 0 Å². The molecule has 2 nitrogen and oxygen atoms in total. The van der Waals surface area contributed by atoms with Gasteiger partial charge < -0.3 is 5.11 Å². The maximum Gasteiger partial charge on any atom is 0.171 e. The molecule has 0 fully saturated rings. The van der Waals surface area contributed by atoms with Crippen LogP contribution < -0.4 is 0 Å². The van der Waals surface area contributed by atoms with Crippen LogP contribution in [0.15, 0.2) is 17.5 Å². The Morgan fingerprint density at radius 2 is 2.08 bits per heavy atom. The summed E-state index contributed by atoms with van der Waals surface area (Å²) in [6.07, 6.45) is 1.38. The van der Waals surface area contributed by atoms with E-state index in [0.29, 0.717) is 23.7 Å². The number of hydrogen-bond donors (Lipinski definition) is 1. The predicted molar refractivity (Wildman–Crippen MR) is 51.6 cm³/mol. The van der Waals surface area contributed by atoms with Gasteiger partial charge in [-0.15, -0.1) is 11.3 Å². The van der Waals surface area contributed by atoms with Gasteiger partial charge >= 0.3 is 0 Å². The van der Waals surface area contributed by atoms with E-state index in [1.807, 2.05) is 19.2 Å². The Bertz CT molecular complexity index is 198. The molecule has 0 saturated carbocycles.